The minimum absolute atomic E-state index is 0.401. The lowest BCUT2D eigenvalue weighted by atomic mass is 9.78. The van der Waals surface area contributed by atoms with Crippen molar-refractivity contribution in [3.63, 3.8) is 0 Å². The van der Waals surface area contributed by atoms with Crippen LogP contribution in [0.1, 0.15) is 46.0 Å². The first-order valence-corrected chi connectivity index (χ1v) is 8.70. The molecule has 0 amide bonds. The van der Waals surface area contributed by atoms with Crippen LogP contribution >= 0.6 is 15.9 Å². The number of nitrogen functional groups attached to an aromatic ring is 1. The van der Waals surface area contributed by atoms with Crippen LogP contribution in [0.3, 0.4) is 0 Å². The number of aromatic nitrogens is 2. The molecule has 1 saturated carbocycles. The number of benzene rings is 1. The van der Waals surface area contributed by atoms with Gasteiger partial charge in [-0.25, -0.2) is 4.98 Å². The van der Waals surface area contributed by atoms with E-state index < -0.39 is 0 Å². The molecule has 114 valence electrons. The number of imidazole rings is 1. The summed E-state index contributed by atoms with van der Waals surface area (Å²) in [6, 6.07) is 6.20. The Bertz CT molecular complexity index is 639. The Kier molecular flexibility index (Phi) is 4.00. The molecule has 1 aliphatic rings. The van der Waals surface area contributed by atoms with Gasteiger partial charge in [-0.05, 0) is 48.8 Å². The molecule has 4 heteroatoms. The van der Waals surface area contributed by atoms with Gasteiger partial charge in [0.15, 0.2) is 0 Å². The summed E-state index contributed by atoms with van der Waals surface area (Å²) in [5.74, 6) is 1.38. The molecular weight excluding hydrogens is 326 g/mol. The largest absolute Gasteiger partial charge is 0.369 e. The highest BCUT2D eigenvalue weighted by molar-refractivity contribution is 9.10. The third kappa shape index (κ3) is 2.96. The van der Waals surface area contributed by atoms with Crippen LogP contribution in [-0.2, 0) is 6.54 Å². The summed E-state index contributed by atoms with van der Waals surface area (Å²) in [6.45, 7) is 5.65. The molecule has 0 unspecified atom stereocenters. The van der Waals surface area contributed by atoms with E-state index >= 15 is 0 Å². The van der Waals surface area contributed by atoms with Crippen LogP contribution < -0.4 is 5.73 Å². The number of rotatable bonds is 4. The topological polar surface area (TPSA) is 43.8 Å². The van der Waals surface area contributed by atoms with Crippen LogP contribution in [0.25, 0.3) is 11.0 Å². The minimum atomic E-state index is 0.401. The lowest BCUT2D eigenvalue weighted by Gasteiger charge is -2.32. The highest BCUT2D eigenvalue weighted by Gasteiger charge is 2.35. The van der Waals surface area contributed by atoms with Gasteiger partial charge in [-0.1, -0.05) is 42.6 Å². The van der Waals surface area contributed by atoms with Crippen LogP contribution in [0.4, 0.5) is 5.95 Å². The normalized spacial score (nSPS) is 17.9. The maximum absolute atomic E-state index is 6.21. The van der Waals surface area contributed by atoms with Gasteiger partial charge in [-0.3, -0.25) is 0 Å². The molecule has 1 aromatic heterocycles. The van der Waals surface area contributed by atoms with E-state index in [0.29, 0.717) is 11.4 Å². The van der Waals surface area contributed by atoms with Crippen molar-refractivity contribution in [3.8, 4) is 0 Å². The highest BCUT2D eigenvalue weighted by atomic mass is 79.9. The monoisotopic (exact) mass is 349 g/mol. The molecule has 1 heterocycles. The van der Waals surface area contributed by atoms with E-state index in [4.69, 9.17) is 5.73 Å². The van der Waals surface area contributed by atoms with Crippen molar-refractivity contribution in [2.24, 2.45) is 11.3 Å². The smallest absolute Gasteiger partial charge is 0.201 e. The van der Waals surface area contributed by atoms with Crippen LogP contribution in [0.2, 0.25) is 0 Å². The van der Waals surface area contributed by atoms with Crippen molar-refractivity contribution in [3.05, 3.63) is 22.7 Å². The van der Waals surface area contributed by atoms with Crippen molar-refractivity contribution in [2.45, 2.75) is 52.5 Å². The first kappa shape index (κ1) is 14.9. The second-order valence-electron chi connectivity index (χ2n) is 6.99. The molecule has 0 radical (unpaired) electrons. The van der Waals surface area contributed by atoms with Gasteiger partial charge in [0, 0.05) is 11.0 Å². The number of fused-ring (bicyclic) bond motifs is 1. The summed E-state index contributed by atoms with van der Waals surface area (Å²) in [7, 11) is 0. The van der Waals surface area contributed by atoms with E-state index in [0.717, 1.165) is 28.0 Å². The molecule has 0 bridgehead atoms. The van der Waals surface area contributed by atoms with Crippen LogP contribution in [0.5, 0.6) is 0 Å². The number of nitrogens with two attached hydrogens (primary N) is 1. The van der Waals surface area contributed by atoms with Gasteiger partial charge < -0.3 is 10.3 Å². The van der Waals surface area contributed by atoms with Crippen LogP contribution in [0, 0.1) is 11.3 Å². The van der Waals surface area contributed by atoms with E-state index in [2.05, 4.69) is 45.4 Å². The van der Waals surface area contributed by atoms with Gasteiger partial charge >= 0.3 is 0 Å². The zero-order chi connectivity index (χ0) is 15.0. The Labute approximate surface area is 135 Å². The van der Waals surface area contributed by atoms with Gasteiger partial charge in [0.2, 0.25) is 5.95 Å². The summed E-state index contributed by atoms with van der Waals surface area (Å²) in [4.78, 5) is 4.53. The number of halogens is 1. The molecule has 3 rings (SSSR count). The molecular formula is C17H24BrN3. The Hall–Kier alpha value is -1.03. The maximum Gasteiger partial charge on any atom is 0.201 e. The predicted octanol–water partition coefficient (Wildman–Crippen LogP) is 4.99. The zero-order valence-electron chi connectivity index (χ0n) is 12.9. The van der Waals surface area contributed by atoms with Gasteiger partial charge in [-0.2, -0.15) is 0 Å². The van der Waals surface area contributed by atoms with Gasteiger partial charge in [0.25, 0.3) is 0 Å². The minimum Gasteiger partial charge on any atom is -0.369 e. The van der Waals surface area contributed by atoms with Crippen molar-refractivity contribution in [1.82, 2.24) is 9.55 Å². The van der Waals surface area contributed by atoms with Crippen LogP contribution in [0.15, 0.2) is 22.7 Å². The third-order valence-corrected chi connectivity index (χ3v) is 5.23. The molecule has 2 aromatic rings. The summed E-state index contributed by atoms with van der Waals surface area (Å²) >= 11 is 3.56. The molecule has 3 nitrogen and oxygen atoms in total. The Morgan fingerprint density at radius 2 is 2.05 bits per heavy atom. The number of nitrogens with zero attached hydrogens (tertiary/aromatic N) is 2. The first-order valence-electron chi connectivity index (χ1n) is 7.90. The summed E-state index contributed by atoms with van der Waals surface area (Å²) in [5, 5.41) is 0. The van der Waals surface area contributed by atoms with Crippen molar-refractivity contribution in [2.75, 3.05) is 5.73 Å². The molecule has 0 atom stereocenters. The average Bonchev–Trinajstić information content (AvgIpc) is 2.96. The molecule has 0 saturated heterocycles. The van der Waals surface area contributed by atoms with Crippen molar-refractivity contribution >= 4 is 32.9 Å². The fourth-order valence-electron chi connectivity index (χ4n) is 4.03. The summed E-state index contributed by atoms with van der Waals surface area (Å²) < 4.78 is 3.31. The quantitative estimate of drug-likeness (QED) is 0.844. The SMILES string of the molecule is CC(C)CC1(Cn2c(N)nc3ccc(Br)cc32)CCCC1. The lowest BCUT2D eigenvalue weighted by Crippen LogP contribution is -2.26. The van der Waals surface area contributed by atoms with E-state index in [1.807, 2.05) is 12.1 Å². The maximum atomic E-state index is 6.21. The molecule has 1 aromatic carbocycles. The Morgan fingerprint density at radius 3 is 2.71 bits per heavy atom. The standard InChI is InChI=1S/C17H24BrN3/c1-12(2)10-17(7-3-4-8-17)11-21-15-9-13(18)5-6-14(15)20-16(21)19/h5-6,9,12H,3-4,7-8,10-11H2,1-2H3,(H2,19,20). The molecule has 21 heavy (non-hydrogen) atoms. The first-order chi connectivity index (χ1) is 9.99. The molecule has 1 fully saturated rings. The van der Waals surface area contributed by atoms with Crippen LogP contribution in [-0.4, -0.2) is 9.55 Å². The number of anilines is 1. The second-order valence-corrected chi connectivity index (χ2v) is 7.91. The number of hydrogen-bond donors (Lipinski definition) is 1. The number of hydrogen-bond acceptors (Lipinski definition) is 2. The fraction of sp³-hybridized carbons (Fsp3) is 0.588. The fourth-order valence-corrected chi connectivity index (χ4v) is 4.38. The van der Waals surface area contributed by atoms with E-state index in [1.54, 1.807) is 0 Å². The van der Waals surface area contributed by atoms with Crippen molar-refractivity contribution in [1.29, 1.82) is 0 Å². The molecule has 0 aliphatic heterocycles. The van der Waals surface area contributed by atoms with E-state index in [-0.39, 0.29) is 0 Å². The Balaban J connectivity index is 1.99. The second kappa shape index (κ2) is 5.64. The predicted molar refractivity (Wildman–Crippen MR) is 92.2 cm³/mol. The van der Waals surface area contributed by atoms with E-state index in [9.17, 15) is 0 Å². The van der Waals surface area contributed by atoms with Gasteiger partial charge in [-0.15, -0.1) is 0 Å². The third-order valence-electron chi connectivity index (χ3n) is 4.74. The lowest BCUT2D eigenvalue weighted by molar-refractivity contribution is 0.200. The van der Waals surface area contributed by atoms with Gasteiger partial charge in [0.1, 0.15) is 0 Å². The average molecular weight is 350 g/mol. The van der Waals surface area contributed by atoms with Gasteiger partial charge in [0.05, 0.1) is 11.0 Å². The Morgan fingerprint density at radius 1 is 1.33 bits per heavy atom. The molecule has 2 N–H and O–H groups in total. The molecule has 1 aliphatic carbocycles. The zero-order valence-corrected chi connectivity index (χ0v) is 14.5. The highest BCUT2D eigenvalue weighted by Crippen LogP contribution is 2.45. The molecule has 0 spiro atoms. The van der Waals surface area contributed by atoms with E-state index in [1.165, 1.54) is 32.1 Å². The van der Waals surface area contributed by atoms with Crippen molar-refractivity contribution < 1.29 is 0 Å². The summed E-state index contributed by atoms with van der Waals surface area (Å²) in [6.07, 6.45) is 6.61. The summed E-state index contributed by atoms with van der Waals surface area (Å²) in [5.41, 5.74) is 8.75.